The second-order valence-electron chi connectivity index (χ2n) is 3.93. The van der Waals surface area contributed by atoms with Crippen LogP contribution in [0.3, 0.4) is 0 Å². The largest absolute Gasteiger partial charge is 0.494 e. The number of carbonyl (C=O) groups excluding carboxylic acids is 1. The van der Waals surface area contributed by atoms with Gasteiger partial charge in [0.15, 0.2) is 17.3 Å². The van der Waals surface area contributed by atoms with E-state index in [-0.39, 0.29) is 23.6 Å². The molecule has 0 fully saturated rings. The van der Waals surface area contributed by atoms with Crippen LogP contribution in [0, 0.1) is 11.6 Å². The minimum absolute atomic E-state index is 0.000450. The van der Waals surface area contributed by atoms with Gasteiger partial charge in [0.1, 0.15) is 11.5 Å². The predicted octanol–water partition coefficient (Wildman–Crippen LogP) is 2.79. The smallest absolute Gasteiger partial charge is 0.185 e. The van der Waals surface area contributed by atoms with Crippen LogP contribution in [0.15, 0.2) is 36.5 Å². The van der Waals surface area contributed by atoms with Crippen molar-refractivity contribution in [1.29, 1.82) is 0 Å². The number of halogens is 2. The van der Waals surface area contributed by atoms with E-state index in [2.05, 4.69) is 4.98 Å². The fourth-order valence-electron chi connectivity index (χ4n) is 1.64. The molecule has 0 unspecified atom stereocenters. The minimum atomic E-state index is -0.528. The first-order valence-corrected chi connectivity index (χ1v) is 5.57. The maximum absolute atomic E-state index is 13.5. The molecule has 1 aromatic heterocycles. The Hall–Kier alpha value is -2.30. The molecule has 0 bridgehead atoms. The summed E-state index contributed by atoms with van der Waals surface area (Å²) in [7, 11) is 1.37. The van der Waals surface area contributed by atoms with E-state index >= 15 is 0 Å². The number of pyridine rings is 1. The van der Waals surface area contributed by atoms with Gasteiger partial charge in [0.05, 0.1) is 13.3 Å². The fourth-order valence-corrected chi connectivity index (χ4v) is 1.64. The molecular formula is C14H11F2NO2. The van der Waals surface area contributed by atoms with E-state index in [0.717, 1.165) is 12.3 Å². The van der Waals surface area contributed by atoms with Crippen LogP contribution in [0.25, 0.3) is 0 Å². The number of carbonyl (C=O) groups is 1. The maximum atomic E-state index is 13.5. The SMILES string of the molecule is COc1ccc(CC(=O)c2ccc(F)cn2)cc1F. The molecule has 0 aliphatic heterocycles. The van der Waals surface area contributed by atoms with Crippen LogP contribution in [-0.4, -0.2) is 17.9 Å². The maximum Gasteiger partial charge on any atom is 0.185 e. The summed E-state index contributed by atoms with van der Waals surface area (Å²) in [5.74, 6) is -1.22. The van der Waals surface area contributed by atoms with Crippen molar-refractivity contribution in [3.63, 3.8) is 0 Å². The average Bonchev–Trinajstić information content (AvgIpc) is 2.39. The molecule has 0 aliphatic rings. The second-order valence-corrected chi connectivity index (χ2v) is 3.93. The topological polar surface area (TPSA) is 39.2 Å². The molecular weight excluding hydrogens is 252 g/mol. The summed E-state index contributed by atoms with van der Waals surface area (Å²) in [5, 5.41) is 0. The Kier molecular flexibility index (Phi) is 3.85. The van der Waals surface area contributed by atoms with Crippen molar-refractivity contribution < 1.29 is 18.3 Å². The molecule has 98 valence electrons. The third kappa shape index (κ3) is 3.13. The van der Waals surface area contributed by atoms with E-state index in [1.54, 1.807) is 6.07 Å². The van der Waals surface area contributed by atoms with E-state index in [9.17, 15) is 13.6 Å². The third-order valence-corrected chi connectivity index (χ3v) is 2.59. The number of Topliss-reactive ketones (excluding diaryl/α,β-unsaturated/α-hetero) is 1. The number of methoxy groups -OCH3 is 1. The fraction of sp³-hybridized carbons (Fsp3) is 0.143. The van der Waals surface area contributed by atoms with Crippen molar-refractivity contribution in [2.45, 2.75) is 6.42 Å². The highest BCUT2D eigenvalue weighted by atomic mass is 19.1. The van der Waals surface area contributed by atoms with Gasteiger partial charge in [0.2, 0.25) is 0 Å². The lowest BCUT2D eigenvalue weighted by atomic mass is 10.1. The van der Waals surface area contributed by atoms with Crippen molar-refractivity contribution in [2.75, 3.05) is 7.11 Å². The highest BCUT2D eigenvalue weighted by Crippen LogP contribution is 2.18. The van der Waals surface area contributed by atoms with Crippen molar-refractivity contribution in [1.82, 2.24) is 4.98 Å². The van der Waals surface area contributed by atoms with Crippen LogP contribution >= 0.6 is 0 Å². The van der Waals surface area contributed by atoms with Crippen LogP contribution in [0.5, 0.6) is 5.75 Å². The van der Waals surface area contributed by atoms with Crippen molar-refractivity contribution in [3.8, 4) is 5.75 Å². The average molecular weight is 263 g/mol. The molecule has 1 heterocycles. The zero-order chi connectivity index (χ0) is 13.8. The van der Waals surface area contributed by atoms with Crippen molar-refractivity contribution in [2.24, 2.45) is 0 Å². The number of rotatable bonds is 4. The number of nitrogens with zero attached hydrogens (tertiary/aromatic N) is 1. The normalized spacial score (nSPS) is 10.3. The van der Waals surface area contributed by atoms with E-state index in [4.69, 9.17) is 4.74 Å². The monoisotopic (exact) mass is 263 g/mol. The summed E-state index contributed by atoms with van der Waals surface area (Å²) in [5.41, 5.74) is 0.659. The second kappa shape index (κ2) is 5.56. The molecule has 0 saturated carbocycles. The highest BCUT2D eigenvalue weighted by Gasteiger charge is 2.11. The number of ether oxygens (including phenoxy) is 1. The Morgan fingerprint density at radius 3 is 2.63 bits per heavy atom. The molecule has 0 radical (unpaired) electrons. The van der Waals surface area contributed by atoms with Gasteiger partial charge in [0.25, 0.3) is 0 Å². The molecule has 0 atom stereocenters. The molecule has 2 aromatic rings. The lowest BCUT2D eigenvalue weighted by Gasteiger charge is -2.04. The molecule has 2 rings (SSSR count). The molecule has 1 aromatic carbocycles. The standard InChI is InChI=1S/C14H11F2NO2/c1-19-14-5-2-9(6-11(14)16)7-13(18)12-4-3-10(15)8-17-12/h2-6,8H,7H2,1H3. The van der Waals surface area contributed by atoms with Gasteiger partial charge in [-0.2, -0.15) is 0 Å². The Balaban J connectivity index is 2.14. The van der Waals surface area contributed by atoms with Crippen LogP contribution in [0.2, 0.25) is 0 Å². The Morgan fingerprint density at radius 2 is 2.05 bits per heavy atom. The van der Waals surface area contributed by atoms with Gasteiger partial charge in [-0.3, -0.25) is 9.78 Å². The van der Waals surface area contributed by atoms with Crippen molar-refractivity contribution >= 4 is 5.78 Å². The molecule has 0 saturated heterocycles. The minimum Gasteiger partial charge on any atom is -0.494 e. The molecule has 5 heteroatoms. The first kappa shape index (κ1) is 13.1. The summed E-state index contributed by atoms with van der Waals surface area (Å²) in [6.45, 7) is 0. The van der Waals surface area contributed by atoms with Crippen LogP contribution in [0.4, 0.5) is 8.78 Å². The van der Waals surface area contributed by atoms with Crippen LogP contribution < -0.4 is 4.74 Å². The first-order valence-electron chi connectivity index (χ1n) is 5.57. The highest BCUT2D eigenvalue weighted by molar-refractivity contribution is 5.95. The number of ketones is 1. The van der Waals surface area contributed by atoms with E-state index in [0.29, 0.717) is 5.56 Å². The first-order chi connectivity index (χ1) is 9.10. The van der Waals surface area contributed by atoms with Gasteiger partial charge in [-0.1, -0.05) is 6.07 Å². The number of aromatic nitrogens is 1. The Labute approximate surface area is 108 Å². The molecule has 3 nitrogen and oxygen atoms in total. The summed E-state index contributed by atoms with van der Waals surface area (Å²) in [6, 6.07) is 6.76. The van der Waals surface area contributed by atoms with Gasteiger partial charge >= 0.3 is 0 Å². The summed E-state index contributed by atoms with van der Waals surface area (Å²) in [6.07, 6.45) is 0.974. The quantitative estimate of drug-likeness (QED) is 0.796. The summed E-state index contributed by atoms with van der Waals surface area (Å²) in [4.78, 5) is 15.5. The van der Waals surface area contributed by atoms with Crippen LogP contribution in [-0.2, 0) is 6.42 Å². The predicted molar refractivity (Wildman–Crippen MR) is 65.2 cm³/mol. The van der Waals surface area contributed by atoms with Gasteiger partial charge in [-0.25, -0.2) is 8.78 Å². The zero-order valence-corrected chi connectivity index (χ0v) is 10.2. The summed E-state index contributed by atoms with van der Waals surface area (Å²) < 4.78 is 30.9. The molecule has 0 N–H and O–H groups in total. The van der Waals surface area contributed by atoms with Crippen molar-refractivity contribution in [3.05, 3.63) is 59.4 Å². The lowest BCUT2D eigenvalue weighted by molar-refractivity contribution is 0.0988. The molecule has 0 aliphatic carbocycles. The van der Waals surface area contributed by atoms with Gasteiger partial charge in [-0.05, 0) is 29.8 Å². The van der Waals surface area contributed by atoms with E-state index < -0.39 is 11.6 Å². The number of hydrogen-bond acceptors (Lipinski definition) is 3. The third-order valence-electron chi connectivity index (χ3n) is 2.59. The zero-order valence-electron chi connectivity index (χ0n) is 10.2. The van der Waals surface area contributed by atoms with Gasteiger partial charge in [0, 0.05) is 6.42 Å². The molecule has 19 heavy (non-hydrogen) atoms. The van der Waals surface area contributed by atoms with Crippen LogP contribution in [0.1, 0.15) is 16.1 Å². The molecule has 0 spiro atoms. The Morgan fingerprint density at radius 1 is 1.26 bits per heavy atom. The lowest BCUT2D eigenvalue weighted by Crippen LogP contribution is -2.06. The van der Waals surface area contributed by atoms with Gasteiger partial charge in [-0.15, -0.1) is 0 Å². The number of hydrogen-bond donors (Lipinski definition) is 0. The van der Waals surface area contributed by atoms with Gasteiger partial charge < -0.3 is 4.74 Å². The number of benzene rings is 1. The Bertz CT molecular complexity index is 597. The summed E-state index contributed by atoms with van der Waals surface area (Å²) >= 11 is 0. The molecule has 0 amide bonds. The van der Waals surface area contributed by atoms with E-state index in [1.165, 1.54) is 25.3 Å². The van der Waals surface area contributed by atoms with E-state index in [1.807, 2.05) is 0 Å².